The summed E-state index contributed by atoms with van der Waals surface area (Å²) in [6.07, 6.45) is -2.30. The van der Waals surface area contributed by atoms with E-state index in [1.165, 1.54) is 28.0 Å². The Morgan fingerprint density at radius 1 is 0.977 bits per heavy atom. The van der Waals surface area contributed by atoms with E-state index in [-0.39, 0.29) is 42.4 Å². The molecule has 236 valence electrons. The number of piperazine rings is 1. The number of ether oxygens (including phenoxy) is 1. The molecule has 0 bridgehead atoms. The Balaban J connectivity index is 1.08. The van der Waals surface area contributed by atoms with Gasteiger partial charge in [0.2, 0.25) is 5.91 Å². The Bertz CT molecular complexity index is 1490. The van der Waals surface area contributed by atoms with Crippen molar-refractivity contribution in [3.05, 3.63) is 81.4 Å². The van der Waals surface area contributed by atoms with Gasteiger partial charge in [0, 0.05) is 49.5 Å². The molecule has 2 atom stereocenters. The number of nitro groups is 1. The van der Waals surface area contributed by atoms with E-state index in [0.717, 1.165) is 18.7 Å². The van der Waals surface area contributed by atoms with E-state index >= 15 is 0 Å². The first-order valence-electron chi connectivity index (χ1n) is 15.1. The van der Waals surface area contributed by atoms with Gasteiger partial charge >= 0.3 is 6.18 Å². The number of fused-ring (bicyclic) bond motifs is 1. The van der Waals surface area contributed by atoms with Crippen LogP contribution in [0.4, 0.5) is 24.5 Å². The highest BCUT2D eigenvalue weighted by molar-refractivity contribution is 5.83. The Kier molecular flexibility index (Phi) is 9.45. The van der Waals surface area contributed by atoms with E-state index in [0.29, 0.717) is 38.8 Å². The average molecular weight is 613 g/mol. The third-order valence-corrected chi connectivity index (χ3v) is 8.87. The summed E-state index contributed by atoms with van der Waals surface area (Å²) in [4.78, 5) is 27.4. The lowest BCUT2D eigenvalue weighted by Gasteiger charge is -2.44. The molecule has 2 fully saturated rings. The second-order valence-electron chi connectivity index (χ2n) is 12.3. The van der Waals surface area contributed by atoms with Crippen LogP contribution in [0.25, 0.3) is 10.8 Å². The lowest BCUT2D eigenvalue weighted by molar-refractivity contribution is -0.388. The molecule has 3 aromatic carbocycles. The predicted molar refractivity (Wildman–Crippen MR) is 163 cm³/mol. The van der Waals surface area contributed by atoms with Crippen molar-refractivity contribution < 1.29 is 27.6 Å². The van der Waals surface area contributed by atoms with Gasteiger partial charge < -0.3 is 15.0 Å². The Morgan fingerprint density at radius 3 is 2.30 bits per heavy atom. The highest BCUT2D eigenvalue weighted by atomic mass is 19.4. The molecule has 0 aromatic heterocycles. The molecule has 1 amide bonds. The summed E-state index contributed by atoms with van der Waals surface area (Å²) in [6, 6.07) is 16.4. The number of benzene rings is 3. The maximum absolute atomic E-state index is 13.3. The minimum atomic E-state index is -4.82. The van der Waals surface area contributed by atoms with Gasteiger partial charge in [-0.25, -0.2) is 0 Å². The first kappa shape index (κ1) is 31.7. The summed E-state index contributed by atoms with van der Waals surface area (Å²) in [5.74, 6) is -0.0322. The number of alkyl halides is 3. The van der Waals surface area contributed by atoms with Crippen molar-refractivity contribution >= 4 is 28.1 Å². The highest BCUT2D eigenvalue weighted by Crippen LogP contribution is 2.38. The number of anilines is 1. The van der Waals surface area contributed by atoms with Crippen LogP contribution < -0.4 is 5.32 Å². The van der Waals surface area contributed by atoms with Crippen LogP contribution in [-0.4, -0.2) is 64.6 Å². The number of carbonyl (C=O) groups excluding carboxylic acids is 1. The van der Waals surface area contributed by atoms with Gasteiger partial charge in [-0.05, 0) is 81.0 Å². The molecule has 1 N–H and O–H groups in total. The van der Waals surface area contributed by atoms with Crippen molar-refractivity contribution in [1.29, 1.82) is 0 Å². The van der Waals surface area contributed by atoms with Crippen LogP contribution in [0.3, 0.4) is 0 Å². The van der Waals surface area contributed by atoms with Crippen molar-refractivity contribution in [1.82, 2.24) is 9.80 Å². The first-order valence-corrected chi connectivity index (χ1v) is 15.1. The number of aryl methyl sites for hydroxylation is 1. The fourth-order valence-corrected chi connectivity index (χ4v) is 6.50. The number of nitrogens with zero attached hydrogens (tertiary/aromatic N) is 3. The summed E-state index contributed by atoms with van der Waals surface area (Å²) < 4.78 is 46.0. The minimum absolute atomic E-state index is 0.00356. The quantitative estimate of drug-likeness (QED) is 0.219. The molecule has 44 heavy (non-hydrogen) atoms. The maximum atomic E-state index is 13.3. The Hall–Kier alpha value is -3.70. The molecule has 11 heteroatoms. The van der Waals surface area contributed by atoms with Crippen molar-refractivity contribution in [2.75, 3.05) is 25.0 Å². The molecule has 0 spiro atoms. The van der Waals surface area contributed by atoms with Crippen molar-refractivity contribution in [2.45, 2.75) is 83.4 Å². The molecule has 1 saturated heterocycles. The third-order valence-electron chi connectivity index (χ3n) is 8.87. The average Bonchev–Trinajstić information content (AvgIpc) is 2.97. The van der Waals surface area contributed by atoms with Gasteiger partial charge in [0.1, 0.15) is 12.2 Å². The lowest BCUT2D eigenvalue weighted by Crippen LogP contribution is -2.58. The molecule has 1 aliphatic carbocycles. The number of carbonyl (C=O) groups is 1. The molecule has 5 rings (SSSR count). The molecule has 3 aromatic rings. The standard InChI is InChI=1S/C33H39F3N4O4/c1-21-4-6-26-15-24(5-7-25(26)14-21)19-39-22(2)17-38(18-23(39)3)32(41)20-44-29-11-8-27(9-12-29)37-28-10-13-31(40(42)43)30(16-28)33(34,35)36/h4-7,10,13-16,22-23,27,29,37H,8-9,11-12,17-20H2,1-3H3/t22-,23+,27?,29?. The zero-order valence-electron chi connectivity index (χ0n) is 25.3. The SMILES string of the molecule is Cc1ccc2cc(CN3[C@H](C)CN(C(=O)COC4CCC(Nc5ccc([N+](=O)[O-])c(C(F)(F)F)c5)CC4)C[C@@H]3C)ccc2c1. The van der Waals surface area contributed by atoms with Gasteiger partial charge in [-0.1, -0.05) is 35.9 Å². The van der Waals surface area contributed by atoms with E-state index in [1.54, 1.807) is 0 Å². The zero-order chi connectivity index (χ0) is 31.6. The normalized spacial score (nSPS) is 23.1. The molecule has 0 unspecified atom stereocenters. The van der Waals surface area contributed by atoms with Gasteiger partial charge in [0.05, 0.1) is 11.0 Å². The number of halogens is 3. The van der Waals surface area contributed by atoms with Crippen LogP contribution in [0.2, 0.25) is 0 Å². The van der Waals surface area contributed by atoms with E-state index < -0.39 is 22.4 Å². The fourth-order valence-electron chi connectivity index (χ4n) is 6.50. The van der Waals surface area contributed by atoms with Gasteiger partial charge in [0.25, 0.3) is 5.69 Å². The van der Waals surface area contributed by atoms with E-state index in [4.69, 9.17) is 4.74 Å². The summed E-state index contributed by atoms with van der Waals surface area (Å²) in [5, 5.41) is 16.6. The highest BCUT2D eigenvalue weighted by Gasteiger charge is 2.39. The molecule has 1 aliphatic heterocycles. The Morgan fingerprint density at radius 2 is 1.64 bits per heavy atom. The van der Waals surface area contributed by atoms with Crippen LogP contribution in [0.5, 0.6) is 0 Å². The molecule has 2 aliphatic rings. The van der Waals surface area contributed by atoms with Gasteiger partial charge in [-0.2, -0.15) is 13.2 Å². The zero-order valence-corrected chi connectivity index (χ0v) is 25.3. The monoisotopic (exact) mass is 612 g/mol. The molecule has 0 radical (unpaired) electrons. The van der Waals surface area contributed by atoms with Crippen LogP contribution in [0.1, 0.15) is 56.2 Å². The first-order chi connectivity index (χ1) is 20.9. The smallest absolute Gasteiger partial charge is 0.382 e. The van der Waals surface area contributed by atoms with Gasteiger partial charge in [-0.15, -0.1) is 0 Å². The lowest BCUT2D eigenvalue weighted by atomic mass is 9.92. The van der Waals surface area contributed by atoms with Crippen molar-refractivity contribution in [3.8, 4) is 0 Å². The second-order valence-corrected chi connectivity index (χ2v) is 12.3. The molecular formula is C33H39F3N4O4. The third kappa shape index (κ3) is 7.50. The van der Waals surface area contributed by atoms with E-state index in [1.807, 2.05) is 4.90 Å². The van der Waals surface area contributed by atoms with Gasteiger partial charge in [-0.3, -0.25) is 19.8 Å². The molecule has 1 saturated carbocycles. The largest absolute Gasteiger partial charge is 0.423 e. The summed E-state index contributed by atoms with van der Waals surface area (Å²) >= 11 is 0. The van der Waals surface area contributed by atoms with E-state index in [9.17, 15) is 28.1 Å². The number of hydrogen-bond donors (Lipinski definition) is 1. The predicted octanol–water partition coefficient (Wildman–Crippen LogP) is 6.94. The second kappa shape index (κ2) is 13.1. The fraction of sp³-hybridized carbons (Fsp3) is 0.485. The van der Waals surface area contributed by atoms with Crippen LogP contribution >= 0.6 is 0 Å². The van der Waals surface area contributed by atoms with Gasteiger partial charge in [0.15, 0.2) is 0 Å². The maximum Gasteiger partial charge on any atom is 0.423 e. The minimum Gasteiger partial charge on any atom is -0.382 e. The summed E-state index contributed by atoms with van der Waals surface area (Å²) in [5.41, 5.74) is 0.460. The van der Waals surface area contributed by atoms with Crippen molar-refractivity contribution in [2.24, 2.45) is 0 Å². The molecular weight excluding hydrogens is 573 g/mol. The number of hydrogen-bond acceptors (Lipinski definition) is 6. The van der Waals surface area contributed by atoms with Crippen LogP contribution in [0.15, 0.2) is 54.6 Å². The molecule has 8 nitrogen and oxygen atoms in total. The van der Waals surface area contributed by atoms with Crippen LogP contribution in [-0.2, 0) is 22.3 Å². The topological polar surface area (TPSA) is 88.0 Å². The molecule has 1 heterocycles. The number of rotatable bonds is 8. The number of nitrogens with one attached hydrogen (secondary N) is 1. The number of amides is 1. The van der Waals surface area contributed by atoms with E-state index in [2.05, 4.69) is 67.4 Å². The summed E-state index contributed by atoms with van der Waals surface area (Å²) in [7, 11) is 0. The Labute approximate surface area is 255 Å². The number of nitro benzene ring substituents is 1. The van der Waals surface area contributed by atoms with Crippen LogP contribution in [0, 0.1) is 17.0 Å². The van der Waals surface area contributed by atoms with Crippen molar-refractivity contribution in [3.63, 3.8) is 0 Å². The summed E-state index contributed by atoms with van der Waals surface area (Å²) in [6.45, 7) is 8.48.